The number of carboxylic acid groups (broad SMARTS) is 1. The Balaban J connectivity index is 2.66. The zero-order valence-corrected chi connectivity index (χ0v) is 12.0. The van der Waals surface area contributed by atoms with Crippen molar-refractivity contribution in [3.8, 4) is 0 Å². The van der Waals surface area contributed by atoms with Gasteiger partial charge in [0.05, 0.1) is 12.5 Å². The van der Waals surface area contributed by atoms with Gasteiger partial charge >= 0.3 is 12.0 Å². The molecule has 110 valence electrons. The molecule has 1 aliphatic rings. The van der Waals surface area contributed by atoms with Gasteiger partial charge in [0, 0.05) is 32.3 Å². The average Bonchev–Trinajstić information content (AvgIpc) is 2.53. The molecule has 1 rings (SSSR count). The number of nitrogens with zero attached hydrogens (tertiary/aromatic N) is 2. The number of carbonyl (C=O) groups is 2. The molecule has 1 aliphatic heterocycles. The van der Waals surface area contributed by atoms with Crippen molar-refractivity contribution in [3.05, 3.63) is 0 Å². The summed E-state index contributed by atoms with van der Waals surface area (Å²) < 4.78 is 5.52. The summed E-state index contributed by atoms with van der Waals surface area (Å²) in [6, 6.07) is -0.0973. The van der Waals surface area contributed by atoms with Gasteiger partial charge in [0.15, 0.2) is 0 Å². The molecule has 0 spiro atoms. The maximum absolute atomic E-state index is 12.5. The van der Waals surface area contributed by atoms with Crippen molar-refractivity contribution in [1.29, 1.82) is 0 Å². The third kappa shape index (κ3) is 5.06. The zero-order valence-electron chi connectivity index (χ0n) is 12.0. The fourth-order valence-corrected chi connectivity index (χ4v) is 2.14. The molecular formula is C13H24N2O4. The van der Waals surface area contributed by atoms with Gasteiger partial charge in [0.2, 0.25) is 0 Å². The molecule has 19 heavy (non-hydrogen) atoms. The van der Waals surface area contributed by atoms with Gasteiger partial charge in [0.25, 0.3) is 0 Å². The lowest BCUT2D eigenvalue weighted by Gasteiger charge is -2.33. The first kappa shape index (κ1) is 15.8. The van der Waals surface area contributed by atoms with Crippen LogP contribution in [0.15, 0.2) is 0 Å². The first-order chi connectivity index (χ1) is 8.91. The Labute approximate surface area is 114 Å². The van der Waals surface area contributed by atoms with Crippen LogP contribution in [0.1, 0.15) is 33.6 Å². The van der Waals surface area contributed by atoms with Crippen LogP contribution in [0.3, 0.4) is 0 Å². The van der Waals surface area contributed by atoms with Crippen molar-refractivity contribution in [2.45, 2.75) is 45.8 Å². The van der Waals surface area contributed by atoms with Crippen molar-refractivity contribution in [3.63, 3.8) is 0 Å². The number of hydrogen-bond donors (Lipinski definition) is 1. The van der Waals surface area contributed by atoms with Crippen molar-refractivity contribution in [2.24, 2.45) is 0 Å². The zero-order chi connectivity index (χ0) is 14.4. The van der Waals surface area contributed by atoms with E-state index in [1.807, 2.05) is 20.8 Å². The van der Waals surface area contributed by atoms with E-state index in [0.717, 1.165) is 6.42 Å². The highest BCUT2D eigenvalue weighted by Crippen LogP contribution is 2.11. The first-order valence-corrected chi connectivity index (χ1v) is 6.80. The van der Waals surface area contributed by atoms with E-state index in [1.165, 1.54) is 0 Å². The van der Waals surface area contributed by atoms with Gasteiger partial charge in [-0.3, -0.25) is 4.79 Å². The van der Waals surface area contributed by atoms with Gasteiger partial charge in [-0.15, -0.1) is 0 Å². The van der Waals surface area contributed by atoms with Gasteiger partial charge in [-0.1, -0.05) is 0 Å². The van der Waals surface area contributed by atoms with E-state index in [-0.39, 0.29) is 31.1 Å². The summed E-state index contributed by atoms with van der Waals surface area (Å²) in [6.45, 7) is 7.89. The number of carboxylic acids is 1. The number of amides is 2. The quantitative estimate of drug-likeness (QED) is 0.840. The Bertz CT molecular complexity index is 320. The average molecular weight is 272 g/mol. The summed E-state index contributed by atoms with van der Waals surface area (Å²) in [4.78, 5) is 26.5. The molecule has 1 fully saturated rings. The Morgan fingerprint density at radius 1 is 1.47 bits per heavy atom. The highest BCUT2D eigenvalue weighted by molar-refractivity contribution is 5.76. The van der Waals surface area contributed by atoms with Crippen LogP contribution >= 0.6 is 0 Å². The first-order valence-electron chi connectivity index (χ1n) is 6.80. The monoisotopic (exact) mass is 272 g/mol. The van der Waals surface area contributed by atoms with Gasteiger partial charge in [0.1, 0.15) is 0 Å². The third-order valence-electron chi connectivity index (χ3n) is 3.16. The minimum absolute atomic E-state index is 0.00803. The summed E-state index contributed by atoms with van der Waals surface area (Å²) in [6.07, 6.45) is 0.824. The second-order valence-corrected chi connectivity index (χ2v) is 5.19. The molecule has 0 bridgehead atoms. The van der Waals surface area contributed by atoms with Crippen LogP contribution in [0.5, 0.6) is 0 Å². The minimum atomic E-state index is -0.883. The van der Waals surface area contributed by atoms with Gasteiger partial charge < -0.3 is 19.6 Å². The molecule has 1 unspecified atom stereocenters. The summed E-state index contributed by atoms with van der Waals surface area (Å²) in [7, 11) is 0. The van der Waals surface area contributed by atoms with Crippen molar-refractivity contribution in [2.75, 3.05) is 26.2 Å². The lowest BCUT2D eigenvalue weighted by molar-refractivity contribution is -0.137. The highest BCUT2D eigenvalue weighted by Gasteiger charge is 2.26. The lowest BCUT2D eigenvalue weighted by Crippen LogP contribution is -2.48. The molecule has 0 aromatic carbocycles. The van der Waals surface area contributed by atoms with Crippen molar-refractivity contribution < 1.29 is 19.4 Å². The normalized spacial score (nSPS) is 20.2. The van der Waals surface area contributed by atoms with E-state index >= 15 is 0 Å². The van der Waals surface area contributed by atoms with Crippen LogP contribution in [0, 0.1) is 0 Å². The van der Waals surface area contributed by atoms with Crippen LogP contribution in [0.4, 0.5) is 4.79 Å². The number of carbonyl (C=O) groups excluding carboxylic acids is 1. The number of rotatable bonds is 4. The van der Waals surface area contributed by atoms with E-state index in [1.54, 1.807) is 9.80 Å². The second-order valence-electron chi connectivity index (χ2n) is 5.19. The SMILES string of the molecule is CC1CN(C(=O)N(CCC(=O)O)C(C)C)CCCO1. The molecule has 1 atom stereocenters. The van der Waals surface area contributed by atoms with Crippen molar-refractivity contribution in [1.82, 2.24) is 9.80 Å². The fourth-order valence-electron chi connectivity index (χ4n) is 2.14. The van der Waals surface area contributed by atoms with E-state index in [0.29, 0.717) is 19.7 Å². The Morgan fingerprint density at radius 2 is 2.16 bits per heavy atom. The lowest BCUT2D eigenvalue weighted by atomic mass is 10.3. The predicted molar refractivity (Wildman–Crippen MR) is 71.1 cm³/mol. The Morgan fingerprint density at radius 3 is 2.74 bits per heavy atom. The minimum Gasteiger partial charge on any atom is -0.481 e. The molecule has 6 nitrogen and oxygen atoms in total. The number of urea groups is 1. The summed E-state index contributed by atoms with van der Waals surface area (Å²) in [5.41, 5.74) is 0. The standard InChI is InChI=1S/C13H24N2O4/c1-10(2)15(7-5-12(16)17)13(18)14-6-4-8-19-11(3)9-14/h10-11H,4-9H2,1-3H3,(H,16,17). The molecule has 1 heterocycles. The summed E-state index contributed by atoms with van der Waals surface area (Å²) >= 11 is 0. The van der Waals surface area contributed by atoms with Crippen LogP contribution in [0.2, 0.25) is 0 Å². The van der Waals surface area contributed by atoms with Crippen LogP contribution < -0.4 is 0 Å². The molecule has 6 heteroatoms. The third-order valence-corrected chi connectivity index (χ3v) is 3.16. The molecule has 0 saturated carbocycles. The molecule has 0 radical (unpaired) electrons. The fraction of sp³-hybridized carbons (Fsp3) is 0.846. The van der Waals surface area contributed by atoms with E-state index in [9.17, 15) is 9.59 Å². The van der Waals surface area contributed by atoms with Crippen LogP contribution in [-0.4, -0.2) is 65.3 Å². The maximum Gasteiger partial charge on any atom is 0.320 e. The molecule has 0 aliphatic carbocycles. The predicted octanol–water partition coefficient (Wildman–Crippen LogP) is 1.40. The number of aliphatic carboxylic acids is 1. The summed E-state index contributed by atoms with van der Waals surface area (Å²) in [5, 5.41) is 8.75. The maximum atomic E-state index is 12.5. The number of ether oxygens (including phenoxy) is 1. The van der Waals surface area contributed by atoms with Crippen LogP contribution in [-0.2, 0) is 9.53 Å². The second kappa shape index (κ2) is 7.33. The van der Waals surface area contributed by atoms with Crippen LogP contribution in [0.25, 0.3) is 0 Å². The molecule has 2 amide bonds. The smallest absolute Gasteiger partial charge is 0.320 e. The highest BCUT2D eigenvalue weighted by atomic mass is 16.5. The largest absolute Gasteiger partial charge is 0.481 e. The molecular weight excluding hydrogens is 248 g/mol. The number of hydrogen-bond acceptors (Lipinski definition) is 3. The van der Waals surface area contributed by atoms with E-state index in [2.05, 4.69) is 0 Å². The molecule has 1 saturated heterocycles. The molecule has 0 aromatic heterocycles. The van der Waals surface area contributed by atoms with E-state index < -0.39 is 5.97 Å². The van der Waals surface area contributed by atoms with Crippen molar-refractivity contribution >= 4 is 12.0 Å². The van der Waals surface area contributed by atoms with E-state index in [4.69, 9.17) is 9.84 Å². The van der Waals surface area contributed by atoms with Gasteiger partial charge in [-0.05, 0) is 27.2 Å². The molecule has 0 aromatic rings. The Hall–Kier alpha value is -1.30. The summed E-state index contributed by atoms with van der Waals surface area (Å²) in [5.74, 6) is -0.883. The molecule has 1 N–H and O–H groups in total. The van der Waals surface area contributed by atoms with Gasteiger partial charge in [-0.2, -0.15) is 0 Å². The topological polar surface area (TPSA) is 70.1 Å². The Kier molecular flexibility index (Phi) is 6.08. The van der Waals surface area contributed by atoms with Gasteiger partial charge in [-0.25, -0.2) is 4.79 Å².